The van der Waals surface area contributed by atoms with E-state index in [1.165, 1.54) is 0 Å². The molecule has 4 heteroatoms. The van der Waals surface area contributed by atoms with Crippen LogP contribution >= 0.6 is 27.3 Å². The number of ketones is 1. The van der Waals surface area contributed by atoms with Crippen LogP contribution < -0.4 is 0 Å². The summed E-state index contributed by atoms with van der Waals surface area (Å²) in [5.74, 6) is 0.165. The highest BCUT2D eigenvalue weighted by Crippen LogP contribution is 2.22. The molecule has 17 heavy (non-hydrogen) atoms. The maximum Gasteiger partial charge on any atom is 0.168 e. The summed E-state index contributed by atoms with van der Waals surface area (Å²) in [7, 11) is 0. The molecule has 0 amide bonds. The van der Waals surface area contributed by atoms with Crippen molar-refractivity contribution in [3.05, 3.63) is 50.4 Å². The minimum Gasteiger partial charge on any atom is -0.294 e. The lowest BCUT2D eigenvalue weighted by Crippen LogP contribution is -2.06. The lowest BCUT2D eigenvalue weighted by molar-refractivity contribution is 0.0993. The monoisotopic (exact) mass is 309 g/mol. The molecule has 0 saturated heterocycles. The maximum atomic E-state index is 12.2. The van der Waals surface area contributed by atoms with Crippen molar-refractivity contribution in [2.45, 2.75) is 19.8 Å². The van der Waals surface area contributed by atoms with Gasteiger partial charge in [-0.1, -0.05) is 6.92 Å². The highest BCUT2D eigenvalue weighted by molar-refractivity contribution is 9.10. The van der Waals surface area contributed by atoms with Gasteiger partial charge in [0.1, 0.15) is 0 Å². The minimum atomic E-state index is 0.165. The zero-order valence-electron chi connectivity index (χ0n) is 9.44. The predicted octanol–water partition coefficient (Wildman–Crippen LogP) is 3.89. The number of aromatic nitrogens is 1. The molecule has 2 aromatic heterocycles. The summed E-state index contributed by atoms with van der Waals surface area (Å²) in [4.78, 5) is 17.3. The summed E-state index contributed by atoms with van der Waals surface area (Å²) >= 11 is 5.00. The summed E-state index contributed by atoms with van der Waals surface area (Å²) < 4.78 is 1.04. The van der Waals surface area contributed by atoms with Gasteiger partial charge in [-0.2, -0.15) is 0 Å². The van der Waals surface area contributed by atoms with E-state index in [4.69, 9.17) is 0 Å². The van der Waals surface area contributed by atoms with Gasteiger partial charge < -0.3 is 0 Å². The van der Waals surface area contributed by atoms with Crippen LogP contribution in [0.4, 0.5) is 0 Å². The number of hydrogen-bond donors (Lipinski definition) is 0. The van der Waals surface area contributed by atoms with Crippen molar-refractivity contribution in [1.29, 1.82) is 0 Å². The minimum absolute atomic E-state index is 0.165. The topological polar surface area (TPSA) is 30.0 Å². The quantitative estimate of drug-likeness (QED) is 0.802. The molecular weight excluding hydrogens is 298 g/mol. The summed E-state index contributed by atoms with van der Waals surface area (Å²) in [6.45, 7) is 2.04. The second-order valence-electron chi connectivity index (χ2n) is 3.72. The predicted molar refractivity (Wildman–Crippen MR) is 73.7 cm³/mol. The molecule has 0 aliphatic carbocycles. The second-order valence-corrected chi connectivity index (χ2v) is 5.63. The molecule has 0 bridgehead atoms. The van der Waals surface area contributed by atoms with Crippen LogP contribution in [0.1, 0.15) is 27.7 Å². The zero-order valence-corrected chi connectivity index (χ0v) is 11.8. The Bertz CT molecular complexity index is 536. The Labute approximate surface area is 113 Å². The molecule has 88 valence electrons. The maximum absolute atomic E-state index is 12.2. The fraction of sp³-hybridized carbons (Fsp3) is 0.231. The average Bonchev–Trinajstić information content (AvgIpc) is 2.74. The van der Waals surface area contributed by atoms with Gasteiger partial charge in [-0.25, -0.2) is 0 Å². The zero-order chi connectivity index (χ0) is 12.3. The van der Waals surface area contributed by atoms with Gasteiger partial charge in [0.15, 0.2) is 5.78 Å². The molecule has 0 aliphatic rings. The first-order valence-corrected chi connectivity index (χ1v) is 7.07. The van der Waals surface area contributed by atoms with E-state index in [2.05, 4.69) is 20.9 Å². The van der Waals surface area contributed by atoms with E-state index in [1.54, 1.807) is 23.7 Å². The number of nitrogens with zero attached hydrogens (tertiary/aromatic N) is 1. The van der Waals surface area contributed by atoms with Crippen LogP contribution in [0.3, 0.4) is 0 Å². The molecule has 0 aliphatic heterocycles. The normalized spacial score (nSPS) is 10.5. The summed E-state index contributed by atoms with van der Waals surface area (Å²) in [5, 5.41) is 2.00. The van der Waals surface area contributed by atoms with E-state index >= 15 is 0 Å². The Balaban J connectivity index is 2.20. The van der Waals surface area contributed by atoms with Crippen LogP contribution in [0.2, 0.25) is 0 Å². The molecular formula is C13H12BrNOS. The number of thiophene rings is 1. The second kappa shape index (κ2) is 5.56. The molecule has 0 N–H and O–H groups in total. The molecule has 2 aromatic rings. The Morgan fingerprint density at radius 3 is 3.00 bits per heavy atom. The van der Waals surface area contributed by atoms with Gasteiger partial charge in [-0.3, -0.25) is 9.78 Å². The van der Waals surface area contributed by atoms with Gasteiger partial charge in [-0.05, 0) is 40.0 Å². The Morgan fingerprint density at radius 1 is 1.53 bits per heavy atom. The van der Waals surface area contributed by atoms with E-state index in [1.807, 2.05) is 24.4 Å². The number of pyridine rings is 1. The average molecular weight is 310 g/mol. The lowest BCUT2D eigenvalue weighted by Gasteiger charge is -2.04. The fourth-order valence-corrected chi connectivity index (χ4v) is 3.13. The first-order chi connectivity index (χ1) is 8.20. The Kier molecular flexibility index (Phi) is 4.07. The number of halogens is 1. The SMILES string of the molecule is CCc1cnccc1C(=O)Cc1cc(Br)cs1. The van der Waals surface area contributed by atoms with Gasteiger partial charge in [0, 0.05) is 39.1 Å². The summed E-state index contributed by atoms with van der Waals surface area (Å²) in [6.07, 6.45) is 4.75. The van der Waals surface area contributed by atoms with Crippen molar-refractivity contribution in [1.82, 2.24) is 4.98 Å². The van der Waals surface area contributed by atoms with Gasteiger partial charge >= 0.3 is 0 Å². The Hall–Kier alpha value is -1.000. The van der Waals surface area contributed by atoms with E-state index < -0.39 is 0 Å². The van der Waals surface area contributed by atoms with Gasteiger partial charge in [0.05, 0.1) is 0 Å². The third-order valence-electron chi connectivity index (χ3n) is 2.54. The van der Waals surface area contributed by atoms with Crippen molar-refractivity contribution >= 4 is 33.0 Å². The van der Waals surface area contributed by atoms with Crippen LogP contribution in [-0.4, -0.2) is 10.8 Å². The molecule has 2 rings (SSSR count). The van der Waals surface area contributed by atoms with Crippen LogP contribution in [-0.2, 0) is 12.8 Å². The molecule has 2 heterocycles. The molecule has 0 aromatic carbocycles. The molecule has 2 nitrogen and oxygen atoms in total. The number of aryl methyl sites for hydroxylation is 1. The number of carbonyl (C=O) groups excluding carboxylic acids is 1. The van der Waals surface area contributed by atoms with Crippen LogP contribution in [0, 0.1) is 0 Å². The van der Waals surface area contributed by atoms with E-state index in [-0.39, 0.29) is 5.78 Å². The smallest absolute Gasteiger partial charge is 0.168 e. The number of carbonyl (C=O) groups is 1. The lowest BCUT2D eigenvalue weighted by atomic mass is 10.0. The third kappa shape index (κ3) is 3.01. The molecule has 0 unspecified atom stereocenters. The van der Waals surface area contributed by atoms with E-state index in [0.717, 1.165) is 26.9 Å². The summed E-state index contributed by atoms with van der Waals surface area (Å²) in [6, 6.07) is 3.80. The first kappa shape index (κ1) is 12.5. The number of hydrogen-bond acceptors (Lipinski definition) is 3. The van der Waals surface area contributed by atoms with Crippen molar-refractivity contribution < 1.29 is 4.79 Å². The molecule has 0 spiro atoms. The number of Topliss-reactive ketones (excluding diaryl/α,β-unsaturated/α-hetero) is 1. The fourth-order valence-electron chi connectivity index (χ4n) is 1.68. The standard InChI is InChI=1S/C13H12BrNOS/c1-2-9-7-15-4-3-12(9)13(16)6-11-5-10(14)8-17-11/h3-5,7-8H,2,6H2,1H3. The van der Waals surface area contributed by atoms with Gasteiger partial charge in [0.2, 0.25) is 0 Å². The van der Waals surface area contributed by atoms with Crippen molar-refractivity contribution in [3.8, 4) is 0 Å². The van der Waals surface area contributed by atoms with E-state index in [0.29, 0.717) is 6.42 Å². The number of rotatable bonds is 4. The molecule has 0 atom stereocenters. The molecule has 0 fully saturated rings. The Morgan fingerprint density at radius 2 is 2.35 bits per heavy atom. The van der Waals surface area contributed by atoms with Crippen LogP contribution in [0.5, 0.6) is 0 Å². The van der Waals surface area contributed by atoms with Gasteiger partial charge in [0.25, 0.3) is 0 Å². The highest BCUT2D eigenvalue weighted by atomic mass is 79.9. The molecule has 0 saturated carbocycles. The van der Waals surface area contributed by atoms with Crippen molar-refractivity contribution in [2.75, 3.05) is 0 Å². The van der Waals surface area contributed by atoms with Crippen molar-refractivity contribution in [3.63, 3.8) is 0 Å². The van der Waals surface area contributed by atoms with Crippen LogP contribution in [0.15, 0.2) is 34.4 Å². The largest absolute Gasteiger partial charge is 0.294 e. The van der Waals surface area contributed by atoms with E-state index in [9.17, 15) is 4.79 Å². The molecule has 0 radical (unpaired) electrons. The van der Waals surface area contributed by atoms with Gasteiger partial charge in [-0.15, -0.1) is 11.3 Å². The van der Waals surface area contributed by atoms with Crippen LogP contribution in [0.25, 0.3) is 0 Å². The van der Waals surface area contributed by atoms with Crippen molar-refractivity contribution in [2.24, 2.45) is 0 Å². The third-order valence-corrected chi connectivity index (χ3v) is 4.24. The summed E-state index contributed by atoms with van der Waals surface area (Å²) in [5.41, 5.74) is 1.82. The highest BCUT2D eigenvalue weighted by Gasteiger charge is 2.12. The first-order valence-electron chi connectivity index (χ1n) is 5.39.